The molecular formula is C13H24O2. The molecule has 1 unspecified atom stereocenters. The van der Waals surface area contributed by atoms with Gasteiger partial charge in [0, 0.05) is 7.11 Å². The molecule has 15 heavy (non-hydrogen) atoms. The standard InChI is InChI=1S/C13H24O2/c1-10-4-6-11(7-5-10)12(14)13(15-2)8-3-9-13/h10-12,14H,3-9H2,1-2H3. The van der Waals surface area contributed by atoms with Crippen LogP contribution in [0.2, 0.25) is 0 Å². The van der Waals surface area contributed by atoms with Gasteiger partial charge < -0.3 is 9.84 Å². The molecule has 0 aromatic carbocycles. The molecule has 2 fully saturated rings. The molecule has 1 N–H and O–H groups in total. The Balaban J connectivity index is 1.92. The van der Waals surface area contributed by atoms with Gasteiger partial charge in [0.1, 0.15) is 0 Å². The minimum Gasteiger partial charge on any atom is -0.390 e. The van der Waals surface area contributed by atoms with Gasteiger partial charge >= 0.3 is 0 Å². The maximum atomic E-state index is 10.4. The predicted molar refractivity (Wildman–Crippen MR) is 60.7 cm³/mol. The fourth-order valence-corrected chi connectivity index (χ4v) is 3.18. The number of methoxy groups -OCH3 is 1. The summed E-state index contributed by atoms with van der Waals surface area (Å²) in [6.45, 7) is 2.32. The Bertz CT molecular complexity index is 197. The molecule has 1 atom stereocenters. The highest BCUT2D eigenvalue weighted by Crippen LogP contribution is 2.44. The molecule has 2 nitrogen and oxygen atoms in total. The van der Waals surface area contributed by atoms with E-state index in [0.717, 1.165) is 18.8 Å². The molecule has 2 heteroatoms. The second-order valence-corrected chi connectivity index (χ2v) is 5.59. The van der Waals surface area contributed by atoms with Crippen LogP contribution in [0, 0.1) is 11.8 Å². The third kappa shape index (κ3) is 2.07. The van der Waals surface area contributed by atoms with Crippen molar-refractivity contribution in [1.29, 1.82) is 0 Å². The molecule has 0 radical (unpaired) electrons. The maximum Gasteiger partial charge on any atom is 0.0939 e. The van der Waals surface area contributed by atoms with E-state index < -0.39 is 0 Å². The third-order valence-corrected chi connectivity index (χ3v) is 4.65. The summed E-state index contributed by atoms with van der Waals surface area (Å²) in [7, 11) is 1.76. The van der Waals surface area contributed by atoms with E-state index >= 15 is 0 Å². The highest BCUT2D eigenvalue weighted by molar-refractivity contribution is 4.99. The molecule has 2 aliphatic carbocycles. The Morgan fingerprint density at radius 3 is 2.20 bits per heavy atom. The molecule has 2 rings (SSSR count). The molecule has 0 heterocycles. The number of rotatable bonds is 3. The molecule has 0 aliphatic heterocycles. The van der Waals surface area contributed by atoms with Crippen LogP contribution >= 0.6 is 0 Å². The molecule has 0 bridgehead atoms. The molecule has 0 amide bonds. The van der Waals surface area contributed by atoms with E-state index in [1.165, 1.54) is 32.1 Å². The Morgan fingerprint density at radius 1 is 1.20 bits per heavy atom. The molecule has 0 spiro atoms. The molecule has 0 aromatic heterocycles. The van der Waals surface area contributed by atoms with Crippen molar-refractivity contribution >= 4 is 0 Å². The summed E-state index contributed by atoms with van der Waals surface area (Å²) in [6.07, 6.45) is 8.04. The van der Waals surface area contributed by atoms with Crippen LogP contribution in [0.25, 0.3) is 0 Å². The lowest BCUT2D eigenvalue weighted by molar-refractivity contribution is -0.171. The molecule has 0 aromatic rings. The van der Waals surface area contributed by atoms with Gasteiger partial charge in [0.2, 0.25) is 0 Å². The number of aliphatic hydroxyl groups excluding tert-OH is 1. The smallest absolute Gasteiger partial charge is 0.0939 e. The van der Waals surface area contributed by atoms with Crippen LogP contribution in [-0.2, 0) is 4.74 Å². The summed E-state index contributed by atoms with van der Waals surface area (Å²) in [5.41, 5.74) is -0.175. The van der Waals surface area contributed by atoms with Crippen LogP contribution in [0.3, 0.4) is 0 Å². The first-order chi connectivity index (χ1) is 7.18. The van der Waals surface area contributed by atoms with E-state index in [2.05, 4.69) is 6.92 Å². The zero-order chi connectivity index (χ0) is 10.9. The highest BCUT2D eigenvalue weighted by atomic mass is 16.5. The van der Waals surface area contributed by atoms with Gasteiger partial charge in [0.25, 0.3) is 0 Å². The van der Waals surface area contributed by atoms with Crippen molar-refractivity contribution in [3.8, 4) is 0 Å². The zero-order valence-electron chi connectivity index (χ0n) is 10.0. The van der Waals surface area contributed by atoms with Crippen molar-refractivity contribution in [2.24, 2.45) is 11.8 Å². The van der Waals surface area contributed by atoms with Gasteiger partial charge in [-0.25, -0.2) is 0 Å². The van der Waals surface area contributed by atoms with Crippen LogP contribution in [0.1, 0.15) is 51.9 Å². The van der Waals surface area contributed by atoms with Crippen molar-refractivity contribution in [3.05, 3.63) is 0 Å². The zero-order valence-corrected chi connectivity index (χ0v) is 10.0. The summed E-state index contributed by atoms with van der Waals surface area (Å²) in [5, 5.41) is 10.4. The second kappa shape index (κ2) is 4.42. The van der Waals surface area contributed by atoms with Crippen LogP contribution in [0.15, 0.2) is 0 Å². The minimum atomic E-state index is -0.219. The normalized spacial score (nSPS) is 37.0. The van der Waals surface area contributed by atoms with Gasteiger partial charge in [-0.05, 0) is 43.9 Å². The maximum absolute atomic E-state index is 10.4. The van der Waals surface area contributed by atoms with E-state index in [0.29, 0.717) is 5.92 Å². The van der Waals surface area contributed by atoms with Gasteiger partial charge in [-0.3, -0.25) is 0 Å². The number of aliphatic hydroxyl groups is 1. The number of ether oxygens (including phenoxy) is 1. The fraction of sp³-hybridized carbons (Fsp3) is 1.00. The van der Waals surface area contributed by atoms with Gasteiger partial charge in [-0.2, -0.15) is 0 Å². The predicted octanol–water partition coefficient (Wildman–Crippen LogP) is 2.74. The first-order valence-corrected chi connectivity index (χ1v) is 6.41. The topological polar surface area (TPSA) is 29.5 Å². The molecule has 88 valence electrons. The van der Waals surface area contributed by atoms with Crippen LogP contribution in [-0.4, -0.2) is 23.9 Å². The molecule has 2 aliphatic rings. The Labute approximate surface area is 93.0 Å². The van der Waals surface area contributed by atoms with Crippen LogP contribution in [0.4, 0.5) is 0 Å². The van der Waals surface area contributed by atoms with Crippen molar-refractivity contribution in [1.82, 2.24) is 0 Å². The van der Waals surface area contributed by atoms with Gasteiger partial charge in [0.15, 0.2) is 0 Å². The van der Waals surface area contributed by atoms with E-state index in [1.54, 1.807) is 7.11 Å². The number of hydrogen-bond acceptors (Lipinski definition) is 2. The van der Waals surface area contributed by atoms with E-state index in [9.17, 15) is 5.11 Å². The minimum absolute atomic E-state index is 0.175. The first kappa shape index (κ1) is 11.4. The van der Waals surface area contributed by atoms with Crippen molar-refractivity contribution < 1.29 is 9.84 Å². The fourth-order valence-electron chi connectivity index (χ4n) is 3.18. The number of hydrogen-bond donors (Lipinski definition) is 1. The van der Waals surface area contributed by atoms with E-state index in [1.807, 2.05) is 0 Å². The Hall–Kier alpha value is -0.0800. The SMILES string of the molecule is COC1(C(O)C2CCC(C)CC2)CCC1. The lowest BCUT2D eigenvalue weighted by Gasteiger charge is -2.48. The van der Waals surface area contributed by atoms with Gasteiger partial charge in [-0.1, -0.05) is 19.8 Å². The van der Waals surface area contributed by atoms with E-state index in [-0.39, 0.29) is 11.7 Å². The summed E-state index contributed by atoms with van der Waals surface area (Å²) in [6, 6.07) is 0. The molecule has 0 saturated heterocycles. The Morgan fingerprint density at radius 2 is 1.80 bits per heavy atom. The van der Waals surface area contributed by atoms with Gasteiger partial charge in [0.05, 0.1) is 11.7 Å². The van der Waals surface area contributed by atoms with Crippen LogP contribution < -0.4 is 0 Å². The highest BCUT2D eigenvalue weighted by Gasteiger charge is 2.47. The summed E-state index contributed by atoms with van der Waals surface area (Å²) >= 11 is 0. The molecule has 2 saturated carbocycles. The van der Waals surface area contributed by atoms with Gasteiger partial charge in [-0.15, -0.1) is 0 Å². The summed E-state index contributed by atoms with van der Waals surface area (Å²) in [5.74, 6) is 1.34. The molecular weight excluding hydrogens is 188 g/mol. The first-order valence-electron chi connectivity index (χ1n) is 6.41. The lowest BCUT2D eigenvalue weighted by atomic mass is 9.68. The monoisotopic (exact) mass is 212 g/mol. The van der Waals surface area contributed by atoms with Crippen molar-refractivity contribution in [2.75, 3.05) is 7.11 Å². The van der Waals surface area contributed by atoms with Crippen LogP contribution in [0.5, 0.6) is 0 Å². The average Bonchev–Trinajstić information content (AvgIpc) is 2.18. The Kier molecular flexibility index (Phi) is 3.36. The van der Waals surface area contributed by atoms with Crippen molar-refractivity contribution in [3.63, 3.8) is 0 Å². The quantitative estimate of drug-likeness (QED) is 0.779. The third-order valence-electron chi connectivity index (χ3n) is 4.65. The summed E-state index contributed by atoms with van der Waals surface area (Å²) < 4.78 is 5.57. The summed E-state index contributed by atoms with van der Waals surface area (Å²) in [4.78, 5) is 0. The van der Waals surface area contributed by atoms with E-state index in [4.69, 9.17) is 4.74 Å². The second-order valence-electron chi connectivity index (χ2n) is 5.59. The largest absolute Gasteiger partial charge is 0.390 e. The van der Waals surface area contributed by atoms with Crippen molar-refractivity contribution in [2.45, 2.75) is 63.6 Å². The average molecular weight is 212 g/mol. The lowest BCUT2D eigenvalue weighted by Crippen LogP contribution is -2.53.